The highest BCUT2D eigenvalue weighted by Gasteiger charge is 2.22. The lowest BCUT2D eigenvalue weighted by atomic mass is 10.2. The van der Waals surface area contributed by atoms with Crippen LogP contribution in [-0.2, 0) is 6.42 Å². The average molecular weight is 290 g/mol. The maximum atomic E-state index is 13.5. The van der Waals surface area contributed by atoms with Crippen molar-refractivity contribution in [2.24, 2.45) is 0 Å². The number of benzene rings is 1. The van der Waals surface area contributed by atoms with Crippen molar-refractivity contribution in [1.29, 1.82) is 0 Å². The number of rotatable bonds is 3. The summed E-state index contributed by atoms with van der Waals surface area (Å²) in [7, 11) is 1.83. The zero-order chi connectivity index (χ0) is 14.1. The highest BCUT2D eigenvalue weighted by molar-refractivity contribution is 7.98. The van der Waals surface area contributed by atoms with Gasteiger partial charge in [0.15, 0.2) is 5.16 Å². The smallest absolute Gasteiger partial charge is 0.191 e. The molecular formula is C14H15FN4S. The van der Waals surface area contributed by atoms with Crippen LogP contribution in [0.5, 0.6) is 0 Å². The minimum absolute atomic E-state index is 0.219. The number of fused-ring (bicyclic) bond motifs is 1. The minimum atomic E-state index is -0.219. The Bertz CT molecular complexity index is 625. The van der Waals surface area contributed by atoms with E-state index in [0.717, 1.165) is 35.9 Å². The van der Waals surface area contributed by atoms with Crippen LogP contribution in [0.4, 0.5) is 21.7 Å². The van der Waals surface area contributed by atoms with Crippen LogP contribution in [0.25, 0.3) is 0 Å². The van der Waals surface area contributed by atoms with Crippen LogP contribution in [0.3, 0.4) is 0 Å². The predicted molar refractivity (Wildman–Crippen MR) is 80.5 cm³/mol. The summed E-state index contributed by atoms with van der Waals surface area (Å²) in [4.78, 5) is 10.9. The first-order chi connectivity index (χ1) is 9.71. The summed E-state index contributed by atoms with van der Waals surface area (Å²) < 4.78 is 13.5. The van der Waals surface area contributed by atoms with E-state index in [-0.39, 0.29) is 5.82 Å². The first-order valence-corrected chi connectivity index (χ1v) is 7.60. The van der Waals surface area contributed by atoms with E-state index in [1.54, 1.807) is 6.07 Å². The molecule has 1 N–H and O–H groups in total. The summed E-state index contributed by atoms with van der Waals surface area (Å²) in [6.45, 7) is 0.812. The molecule has 3 rings (SSSR count). The third-order valence-corrected chi connectivity index (χ3v) is 3.90. The second kappa shape index (κ2) is 5.28. The summed E-state index contributed by atoms with van der Waals surface area (Å²) in [5.41, 5.74) is 2.06. The van der Waals surface area contributed by atoms with Crippen molar-refractivity contribution in [1.82, 2.24) is 9.97 Å². The largest absolute Gasteiger partial charge is 0.373 e. The van der Waals surface area contributed by atoms with Crippen molar-refractivity contribution in [3.63, 3.8) is 0 Å². The molecule has 0 fully saturated rings. The number of hydrogen-bond acceptors (Lipinski definition) is 5. The molecule has 0 atom stereocenters. The van der Waals surface area contributed by atoms with Gasteiger partial charge in [-0.05, 0) is 30.4 Å². The quantitative estimate of drug-likeness (QED) is 0.695. The minimum Gasteiger partial charge on any atom is -0.373 e. The molecule has 0 bridgehead atoms. The van der Waals surface area contributed by atoms with Gasteiger partial charge in [0.1, 0.15) is 17.5 Å². The molecule has 4 nitrogen and oxygen atoms in total. The number of nitrogens with one attached hydrogen (secondary N) is 1. The number of thioether (sulfide) groups is 1. The van der Waals surface area contributed by atoms with E-state index in [4.69, 9.17) is 0 Å². The van der Waals surface area contributed by atoms with Crippen molar-refractivity contribution < 1.29 is 4.39 Å². The van der Waals surface area contributed by atoms with Crippen LogP contribution in [0, 0.1) is 5.82 Å². The summed E-state index contributed by atoms with van der Waals surface area (Å²) in [5.74, 6) is 1.35. The van der Waals surface area contributed by atoms with E-state index in [1.807, 2.05) is 30.3 Å². The number of hydrogen-bond donors (Lipinski definition) is 1. The zero-order valence-electron chi connectivity index (χ0n) is 11.4. The van der Waals surface area contributed by atoms with Gasteiger partial charge in [0.25, 0.3) is 0 Å². The van der Waals surface area contributed by atoms with E-state index in [1.165, 1.54) is 17.8 Å². The van der Waals surface area contributed by atoms with Gasteiger partial charge in [-0.2, -0.15) is 0 Å². The fourth-order valence-corrected chi connectivity index (χ4v) is 2.74. The molecular weight excluding hydrogens is 275 g/mol. The van der Waals surface area contributed by atoms with Crippen LogP contribution < -0.4 is 10.2 Å². The average Bonchev–Trinajstić information content (AvgIpc) is 2.89. The van der Waals surface area contributed by atoms with Crippen molar-refractivity contribution in [2.75, 3.05) is 30.1 Å². The van der Waals surface area contributed by atoms with Gasteiger partial charge in [-0.1, -0.05) is 17.8 Å². The van der Waals surface area contributed by atoms with Gasteiger partial charge in [0, 0.05) is 25.3 Å². The molecule has 0 saturated carbocycles. The molecule has 0 amide bonds. The van der Waals surface area contributed by atoms with E-state index in [0.29, 0.717) is 5.16 Å². The first kappa shape index (κ1) is 13.2. The summed E-state index contributed by atoms with van der Waals surface area (Å²) >= 11 is 1.49. The molecule has 0 spiro atoms. The van der Waals surface area contributed by atoms with Gasteiger partial charge in [0.2, 0.25) is 0 Å². The van der Waals surface area contributed by atoms with Crippen LogP contribution in [0.1, 0.15) is 5.56 Å². The number of nitrogens with zero attached hydrogens (tertiary/aromatic N) is 3. The van der Waals surface area contributed by atoms with Crippen LogP contribution in [0.15, 0.2) is 29.4 Å². The molecule has 1 aliphatic heterocycles. The highest BCUT2D eigenvalue weighted by Crippen LogP contribution is 2.35. The third kappa shape index (κ3) is 2.31. The van der Waals surface area contributed by atoms with Crippen molar-refractivity contribution in [3.05, 3.63) is 35.6 Å². The number of anilines is 3. The molecule has 1 aliphatic rings. The Morgan fingerprint density at radius 3 is 2.90 bits per heavy atom. The third-order valence-electron chi connectivity index (χ3n) is 3.35. The normalized spacial score (nSPS) is 13.4. The molecule has 6 heteroatoms. The molecule has 0 aliphatic carbocycles. The Hall–Kier alpha value is -1.82. The van der Waals surface area contributed by atoms with Crippen molar-refractivity contribution in [2.45, 2.75) is 11.6 Å². The van der Waals surface area contributed by atoms with E-state index in [9.17, 15) is 4.39 Å². The van der Waals surface area contributed by atoms with Crippen LogP contribution in [-0.4, -0.2) is 29.8 Å². The van der Waals surface area contributed by atoms with E-state index < -0.39 is 0 Å². The second-order valence-electron chi connectivity index (χ2n) is 4.52. The Kier molecular flexibility index (Phi) is 3.48. The maximum Gasteiger partial charge on any atom is 0.191 e. The van der Waals surface area contributed by atoms with Gasteiger partial charge < -0.3 is 10.2 Å². The Balaban J connectivity index is 2.05. The van der Waals surface area contributed by atoms with Crippen molar-refractivity contribution >= 4 is 29.1 Å². The Morgan fingerprint density at radius 2 is 2.15 bits per heavy atom. The molecule has 20 heavy (non-hydrogen) atoms. The van der Waals surface area contributed by atoms with E-state index in [2.05, 4.69) is 15.3 Å². The second-order valence-corrected chi connectivity index (χ2v) is 5.30. The van der Waals surface area contributed by atoms with E-state index >= 15 is 0 Å². The molecule has 2 aromatic rings. The molecule has 1 aromatic heterocycles. The molecule has 2 heterocycles. The zero-order valence-corrected chi connectivity index (χ0v) is 12.2. The van der Waals surface area contributed by atoms with Gasteiger partial charge >= 0.3 is 0 Å². The SMILES string of the molecule is CNc1cc(N2CCc3ccc(F)cc32)nc(SC)n1. The summed E-state index contributed by atoms with van der Waals surface area (Å²) in [6.07, 6.45) is 2.85. The Morgan fingerprint density at radius 1 is 1.30 bits per heavy atom. The molecule has 1 aromatic carbocycles. The molecule has 104 valence electrons. The van der Waals surface area contributed by atoms with Gasteiger partial charge in [-0.25, -0.2) is 14.4 Å². The lowest BCUT2D eigenvalue weighted by Crippen LogP contribution is -2.16. The Labute approximate surface area is 121 Å². The lowest BCUT2D eigenvalue weighted by molar-refractivity contribution is 0.628. The summed E-state index contributed by atoms with van der Waals surface area (Å²) in [6, 6.07) is 6.82. The standard InChI is InChI=1S/C14H15FN4S/c1-16-12-8-13(18-14(17-12)20-2)19-6-5-9-3-4-10(15)7-11(9)19/h3-4,7-8H,5-6H2,1-2H3,(H,16,17,18). The number of halogens is 1. The fraction of sp³-hybridized carbons (Fsp3) is 0.286. The molecule has 0 radical (unpaired) electrons. The summed E-state index contributed by atoms with van der Waals surface area (Å²) in [5, 5.41) is 3.74. The highest BCUT2D eigenvalue weighted by atomic mass is 32.2. The number of aromatic nitrogens is 2. The van der Waals surface area contributed by atoms with Gasteiger partial charge in [-0.3, -0.25) is 0 Å². The first-order valence-electron chi connectivity index (χ1n) is 6.38. The van der Waals surface area contributed by atoms with Crippen LogP contribution in [0.2, 0.25) is 0 Å². The topological polar surface area (TPSA) is 41.0 Å². The monoisotopic (exact) mass is 290 g/mol. The van der Waals surface area contributed by atoms with Crippen LogP contribution >= 0.6 is 11.8 Å². The predicted octanol–water partition coefficient (Wildman–Crippen LogP) is 3.07. The van der Waals surface area contributed by atoms with Crippen molar-refractivity contribution in [3.8, 4) is 0 Å². The van der Waals surface area contributed by atoms with Gasteiger partial charge in [-0.15, -0.1) is 0 Å². The van der Waals surface area contributed by atoms with Gasteiger partial charge in [0.05, 0.1) is 0 Å². The fourth-order valence-electron chi connectivity index (χ4n) is 2.36. The lowest BCUT2D eigenvalue weighted by Gasteiger charge is -2.19. The molecule has 0 unspecified atom stereocenters. The molecule has 0 saturated heterocycles. The maximum absolute atomic E-state index is 13.5.